The Morgan fingerprint density at radius 1 is 1.25 bits per heavy atom. The Morgan fingerprint density at radius 3 is 2.65 bits per heavy atom. The molecule has 0 saturated heterocycles. The van der Waals surface area contributed by atoms with Crippen LogP contribution in [-0.2, 0) is 6.42 Å². The van der Waals surface area contributed by atoms with Gasteiger partial charge in [0.15, 0.2) is 16.9 Å². The molecule has 1 N–H and O–H groups in total. The van der Waals surface area contributed by atoms with E-state index >= 15 is 0 Å². The minimum atomic E-state index is -0.840. The third-order valence-corrected chi connectivity index (χ3v) is 3.39. The topological polar surface area (TPSA) is 25.2 Å². The van der Waals surface area contributed by atoms with Gasteiger partial charge in [-0.15, -0.1) is 0 Å². The molecule has 1 unspecified atom stereocenters. The van der Waals surface area contributed by atoms with Crippen molar-refractivity contribution in [1.82, 2.24) is 5.32 Å². The first-order valence-corrected chi connectivity index (χ1v) is 6.89. The van der Waals surface area contributed by atoms with Crippen LogP contribution in [0.15, 0.2) is 34.9 Å². The summed E-state index contributed by atoms with van der Waals surface area (Å²) in [4.78, 5) is 0. The molecule has 0 bridgehead atoms. The molecule has 0 spiro atoms. The molecule has 1 aromatic carbocycles. The van der Waals surface area contributed by atoms with Gasteiger partial charge < -0.3 is 9.73 Å². The average molecular weight is 300 g/mol. The Labute approximate surface area is 121 Å². The standard InChI is InChI=1S/C15H16ClF2NO/c1-2-6-19-14(11-5-7-20-15(11)16)9-10-3-4-12(17)13(18)8-10/h3-5,7-8,14,19H,2,6,9H2,1H3. The van der Waals surface area contributed by atoms with Crippen molar-refractivity contribution in [3.63, 3.8) is 0 Å². The Kier molecular flexibility index (Phi) is 5.15. The van der Waals surface area contributed by atoms with Crippen LogP contribution in [0.1, 0.15) is 30.5 Å². The highest BCUT2D eigenvalue weighted by molar-refractivity contribution is 6.29. The highest BCUT2D eigenvalue weighted by atomic mass is 35.5. The lowest BCUT2D eigenvalue weighted by molar-refractivity contribution is 0.497. The van der Waals surface area contributed by atoms with Crippen molar-refractivity contribution in [2.45, 2.75) is 25.8 Å². The van der Waals surface area contributed by atoms with Crippen LogP contribution in [0.5, 0.6) is 0 Å². The highest BCUT2D eigenvalue weighted by Crippen LogP contribution is 2.27. The number of hydrogen-bond acceptors (Lipinski definition) is 2. The summed E-state index contributed by atoms with van der Waals surface area (Å²) < 4.78 is 31.3. The summed E-state index contributed by atoms with van der Waals surface area (Å²) in [6, 6.07) is 5.62. The maximum absolute atomic E-state index is 13.3. The zero-order chi connectivity index (χ0) is 14.5. The maximum atomic E-state index is 13.3. The van der Waals surface area contributed by atoms with Crippen LogP contribution in [0.2, 0.25) is 5.22 Å². The molecule has 0 aliphatic rings. The van der Waals surface area contributed by atoms with Gasteiger partial charge in [-0.2, -0.15) is 0 Å². The first kappa shape index (κ1) is 15.0. The van der Waals surface area contributed by atoms with Crippen molar-refractivity contribution < 1.29 is 13.2 Å². The van der Waals surface area contributed by atoms with Crippen LogP contribution >= 0.6 is 11.6 Å². The van der Waals surface area contributed by atoms with E-state index in [0.717, 1.165) is 24.6 Å². The quantitative estimate of drug-likeness (QED) is 0.850. The molecular weight excluding hydrogens is 284 g/mol. The predicted octanol–water partition coefficient (Wildman–Crippen LogP) is 4.49. The van der Waals surface area contributed by atoms with Gasteiger partial charge in [-0.25, -0.2) is 8.78 Å². The molecule has 2 nitrogen and oxygen atoms in total. The second-order valence-corrected chi connectivity index (χ2v) is 4.95. The average Bonchev–Trinajstić information content (AvgIpc) is 2.85. The molecule has 2 rings (SSSR count). The van der Waals surface area contributed by atoms with Gasteiger partial charge >= 0.3 is 0 Å². The summed E-state index contributed by atoms with van der Waals surface area (Å²) in [6.45, 7) is 2.86. The Balaban J connectivity index is 2.19. The zero-order valence-electron chi connectivity index (χ0n) is 11.1. The number of halogens is 3. The molecule has 0 saturated carbocycles. The fourth-order valence-corrected chi connectivity index (χ4v) is 2.31. The summed E-state index contributed by atoms with van der Waals surface area (Å²) in [5.74, 6) is -1.68. The lowest BCUT2D eigenvalue weighted by atomic mass is 10.0. The second kappa shape index (κ2) is 6.86. The van der Waals surface area contributed by atoms with Crippen molar-refractivity contribution in [2.75, 3.05) is 6.54 Å². The molecule has 20 heavy (non-hydrogen) atoms. The molecular formula is C15H16ClF2NO. The molecule has 108 valence electrons. The molecule has 1 atom stereocenters. The van der Waals surface area contributed by atoms with Crippen molar-refractivity contribution in [3.8, 4) is 0 Å². The van der Waals surface area contributed by atoms with Gasteiger partial charge in [-0.3, -0.25) is 0 Å². The van der Waals surface area contributed by atoms with Crippen LogP contribution in [-0.4, -0.2) is 6.54 Å². The Hall–Kier alpha value is -1.39. The summed E-state index contributed by atoms with van der Waals surface area (Å²) in [5, 5.41) is 3.66. The number of rotatable bonds is 6. The summed E-state index contributed by atoms with van der Waals surface area (Å²) in [5.41, 5.74) is 1.53. The fourth-order valence-electron chi connectivity index (χ4n) is 2.07. The van der Waals surface area contributed by atoms with Gasteiger partial charge in [-0.05, 0) is 54.7 Å². The van der Waals surface area contributed by atoms with Crippen LogP contribution in [0.25, 0.3) is 0 Å². The zero-order valence-corrected chi connectivity index (χ0v) is 11.9. The molecule has 5 heteroatoms. The number of nitrogens with one attached hydrogen (secondary N) is 1. The van der Waals surface area contributed by atoms with Crippen molar-refractivity contribution in [1.29, 1.82) is 0 Å². The smallest absolute Gasteiger partial charge is 0.197 e. The third kappa shape index (κ3) is 3.58. The van der Waals surface area contributed by atoms with E-state index in [9.17, 15) is 8.78 Å². The highest BCUT2D eigenvalue weighted by Gasteiger charge is 2.17. The van der Waals surface area contributed by atoms with E-state index in [1.165, 1.54) is 12.3 Å². The van der Waals surface area contributed by atoms with Crippen LogP contribution in [0, 0.1) is 11.6 Å². The molecule has 0 amide bonds. The van der Waals surface area contributed by atoms with Crippen LogP contribution < -0.4 is 5.32 Å². The van der Waals surface area contributed by atoms with E-state index < -0.39 is 11.6 Å². The van der Waals surface area contributed by atoms with Gasteiger partial charge in [-0.1, -0.05) is 13.0 Å². The van der Waals surface area contributed by atoms with Crippen molar-refractivity contribution in [2.24, 2.45) is 0 Å². The SMILES string of the molecule is CCCNC(Cc1ccc(F)c(F)c1)c1ccoc1Cl. The van der Waals surface area contributed by atoms with Crippen molar-refractivity contribution in [3.05, 3.63) is 58.5 Å². The van der Waals surface area contributed by atoms with Gasteiger partial charge in [0.1, 0.15) is 0 Å². The van der Waals surface area contributed by atoms with Crippen LogP contribution in [0.3, 0.4) is 0 Å². The first-order valence-electron chi connectivity index (χ1n) is 6.52. The van der Waals surface area contributed by atoms with E-state index in [1.807, 2.05) is 0 Å². The minimum absolute atomic E-state index is 0.0916. The molecule has 0 aliphatic heterocycles. The Morgan fingerprint density at radius 2 is 2.05 bits per heavy atom. The van der Waals surface area contributed by atoms with E-state index in [2.05, 4.69) is 12.2 Å². The number of benzene rings is 1. The van der Waals surface area contributed by atoms with Gasteiger partial charge in [0, 0.05) is 11.6 Å². The summed E-state index contributed by atoms with van der Waals surface area (Å²) >= 11 is 6.00. The van der Waals surface area contributed by atoms with E-state index in [1.54, 1.807) is 12.1 Å². The number of furan rings is 1. The first-order chi connectivity index (χ1) is 9.61. The molecule has 2 aromatic rings. The predicted molar refractivity (Wildman–Crippen MR) is 74.8 cm³/mol. The fraction of sp³-hybridized carbons (Fsp3) is 0.333. The lowest BCUT2D eigenvalue weighted by Crippen LogP contribution is -2.24. The second-order valence-electron chi connectivity index (χ2n) is 4.61. The van der Waals surface area contributed by atoms with Gasteiger partial charge in [0.25, 0.3) is 0 Å². The van der Waals surface area contributed by atoms with Crippen molar-refractivity contribution >= 4 is 11.6 Å². The van der Waals surface area contributed by atoms with Gasteiger partial charge in [0.2, 0.25) is 0 Å². The minimum Gasteiger partial charge on any atom is -0.453 e. The largest absolute Gasteiger partial charge is 0.453 e. The number of hydrogen-bond donors (Lipinski definition) is 1. The Bertz CT molecular complexity index is 571. The lowest BCUT2D eigenvalue weighted by Gasteiger charge is -2.18. The van der Waals surface area contributed by atoms with E-state index in [0.29, 0.717) is 17.2 Å². The van der Waals surface area contributed by atoms with E-state index in [4.69, 9.17) is 16.0 Å². The molecule has 0 fully saturated rings. The molecule has 0 radical (unpaired) electrons. The molecule has 0 aliphatic carbocycles. The van der Waals surface area contributed by atoms with E-state index in [-0.39, 0.29) is 6.04 Å². The van der Waals surface area contributed by atoms with Crippen LogP contribution in [0.4, 0.5) is 8.78 Å². The maximum Gasteiger partial charge on any atom is 0.197 e. The molecule has 1 aromatic heterocycles. The third-order valence-electron chi connectivity index (χ3n) is 3.09. The summed E-state index contributed by atoms with van der Waals surface area (Å²) in [6.07, 6.45) is 2.99. The van der Waals surface area contributed by atoms with Gasteiger partial charge in [0.05, 0.1) is 6.26 Å². The summed E-state index contributed by atoms with van der Waals surface area (Å²) in [7, 11) is 0. The normalized spacial score (nSPS) is 12.6. The monoisotopic (exact) mass is 299 g/mol. The molecule has 1 heterocycles.